The number of ketones is 1. The van der Waals surface area contributed by atoms with Crippen LogP contribution in [0.25, 0.3) is 0 Å². The lowest BCUT2D eigenvalue weighted by Gasteiger charge is -2.26. The summed E-state index contributed by atoms with van der Waals surface area (Å²) in [4.78, 5) is 11.3. The van der Waals surface area contributed by atoms with E-state index in [1.807, 2.05) is 61.5 Å². The van der Waals surface area contributed by atoms with Gasteiger partial charge in [0.1, 0.15) is 11.5 Å². The van der Waals surface area contributed by atoms with Gasteiger partial charge in [0.15, 0.2) is 0 Å². The molecule has 0 radical (unpaired) electrons. The van der Waals surface area contributed by atoms with Crippen LogP contribution in [0, 0.1) is 0 Å². The minimum absolute atomic E-state index is 0.0424. The molecule has 2 rings (SSSR count). The van der Waals surface area contributed by atoms with Crippen molar-refractivity contribution in [3.05, 3.63) is 65.7 Å². The molecule has 0 aliphatic heterocycles. The third-order valence-corrected chi connectivity index (χ3v) is 4.53. The lowest BCUT2D eigenvalue weighted by atomic mass is 10.0. The summed E-state index contributed by atoms with van der Waals surface area (Å²) in [6, 6.07) is 17.6. The Balaban J connectivity index is 1.96. The molecule has 0 heterocycles. The number of rotatable bonds is 12. The van der Waals surface area contributed by atoms with Gasteiger partial charge in [-0.2, -0.15) is 0 Å². The van der Waals surface area contributed by atoms with Crippen LogP contribution < -0.4 is 4.74 Å². The summed E-state index contributed by atoms with van der Waals surface area (Å²) in [5.41, 5.74) is 2.08. The molecular formula is C23H30O5. The molecule has 0 saturated heterocycles. The lowest BCUT2D eigenvalue weighted by molar-refractivity contribution is -0.121. The van der Waals surface area contributed by atoms with Crippen LogP contribution in [-0.4, -0.2) is 36.3 Å². The fourth-order valence-electron chi connectivity index (χ4n) is 2.91. The van der Waals surface area contributed by atoms with Gasteiger partial charge in [-0.1, -0.05) is 42.5 Å². The standard InChI is InChI=1S/C23H30O5/c1-17(24)13-21(25)14-23(18(2)27-15-19-7-5-4-6-8-19)28-16-20-9-11-22(26-3)12-10-20/h4-12,18,21,23,25H,13-16H2,1-3H3/t18-,21+,23-/m1/s1. The van der Waals surface area contributed by atoms with Gasteiger partial charge in [0.05, 0.1) is 38.6 Å². The SMILES string of the molecule is COc1ccc(CO[C@H](C[C@@H](O)CC(C)=O)[C@@H](C)OCc2ccccc2)cc1. The molecule has 1 N–H and O–H groups in total. The van der Waals surface area contributed by atoms with Crippen LogP contribution in [0.2, 0.25) is 0 Å². The van der Waals surface area contributed by atoms with Gasteiger partial charge in [0, 0.05) is 12.8 Å². The van der Waals surface area contributed by atoms with Crippen molar-refractivity contribution in [3.8, 4) is 5.75 Å². The number of aliphatic hydroxyl groups is 1. The first kappa shape index (κ1) is 22.1. The highest BCUT2D eigenvalue weighted by Crippen LogP contribution is 2.18. The maximum atomic E-state index is 11.3. The summed E-state index contributed by atoms with van der Waals surface area (Å²) >= 11 is 0. The molecule has 28 heavy (non-hydrogen) atoms. The molecule has 0 bridgehead atoms. The molecule has 2 aromatic carbocycles. The van der Waals surface area contributed by atoms with Crippen LogP contribution >= 0.6 is 0 Å². The molecule has 0 aromatic heterocycles. The summed E-state index contributed by atoms with van der Waals surface area (Å²) in [6.45, 7) is 4.27. The van der Waals surface area contributed by atoms with E-state index in [1.165, 1.54) is 6.92 Å². The first-order valence-electron chi connectivity index (χ1n) is 9.55. The van der Waals surface area contributed by atoms with Gasteiger partial charge in [-0.25, -0.2) is 0 Å². The minimum atomic E-state index is -0.749. The molecule has 0 aliphatic carbocycles. The Labute approximate surface area is 167 Å². The van der Waals surface area contributed by atoms with Gasteiger partial charge >= 0.3 is 0 Å². The van der Waals surface area contributed by atoms with Crippen molar-refractivity contribution in [1.29, 1.82) is 0 Å². The lowest BCUT2D eigenvalue weighted by Crippen LogP contribution is -2.33. The largest absolute Gasteiger partial charge is 0.497 e. The number of methoxy groups -OCH3 is 1. The maximum absolute atomic E-state index is 11.3. The number of hydrogen-bond acceptors (Lipinski definition) is 5. The average Bonchev–Trinajstić information content (AvgIpc) is 2.70. The van der Waals surface area contributed by atoms with E-state index < -0.39 is 6.10 Å². The zero-order valence-electron chi connectivity index (χ0n) is 16.8. The number of benzene rings is 2. The summed E-state index contributed by atoms with van der Waals surface area (Å²) in [5, 5.41) is 10.2. The topological polar surface area (TPSA) is 65.0 Å². The predicted octanol–water partition coefficient (Wildman–Crippen LogP) is 3.92. The van der Waals surface area contributed by atoms with Crippen LogP contribution in [0.3, 0.4) is 0 Å². The van der Waals surface area contributed by atoms with Crippen LogP contribution in [0.1, 0.15) is 37.8 Å². The Bertz CT molecular complexity index is 699. The molecule has 0 spiro atoms. The van der Waals surface area contributed by atoms with E-state index in [0.29, 0.717) is 19.6 Å². The summed E-state index contributed by atoms with van der Waals surface area (Å²) in [5.74, 6) is 0.746. The van der Waals surface area contributed by atoms with Gasteiger partial charge in [-0.3, -0.25) is 4.79 Å². The van der Waals surface area contributed by atoms with E-state index >= 15 is 0 Å². The number of hydrogen-bond donors (Lipinski definition) is 1. The third kappa shape index (κ3) is 7.80. The van der Waals surface area contributed by atoms with Gasteiger partial charge in [0.25, 0.3) is 0 Å². The highest BCUT2D eigenvalue weighted by atomic mass is 16.5. The molecule has 0 fully saturated rings. The zero-order valence-corrected chi connectivity index (χ0v) is 16.8. The molecule has 5 nitrogen and oxygen atoms in total. The molecule has 0 unspecified atom stereocenters. The van der Waals surface area contributed by atoms with E-state index in [2.05, 4.69) is 0 Å². The van der Waals surface area contributed by atoms with Gasteiger partial charge in [-0.15, -0.1) is 0 Å². The number of ether oxygens (including phenoxy) is 3. The third-order valence-electron chi connectivity index (χ3n) is 4.53. The fraction of sp³-hybridized carbons (Fsp3) is 0.435. The molecule has 5 heteroatoms. The second kappa shape index (κ2) is 11.6. The average molecular weight is 386 g/mol. The molecule has 2 aromatic rings. The maximum Gasteiger partial charge on any atom is 0.132 e. The number of Topliss-reactive ketones (excluding diaryl/α,β-unsaturated/α-hetero) is 1. The zero-order chi connectivity index (χ0) is 20.4. The van der Waals surface area contributed by atoms with E-state index in [9.17, 15) is 9.90 Å². The summed E-state index contributed by atoms with van der Waals surface area (Å²) < 4.78 is 17.2. The van der Waals surface area contributed by atoms with Crippen molar-refractivity contribution in [2.24, 2.45) is 0 Å². The van der Waals surface area contributed by atoms with Crippen LogP contribution in [0.15, 0.2) is 54.6 Å². The summed E-state index contributed by atoms with van der Waals surface area (Å²) in [7, 11) is 1.63. The monoisotopic (exact) mass is 386 g/mol. The molecular weight excluding hydrogens is 356 g/mol. The number of carbonyl (C=O) groups excluding carboxylic acids is 1. The Morgan fingerprint density at radius 3 is 2.18 bits per heavy atom. The Morgan fingerprint density at radius 2 is 1.57 bits per heavy atom. The highest BCUT2D eigenvalue weighted by Gasteiger charge is 2.23. The highest BCUT2D eigenvalue weighted by molar-refractivity contribution is 5.75. The van der Waals surface area contributed by atoms with E-state index in [4.69, 9.17) is 14.2 Å². The molecule has 3 atom stereocenters. The smallest absolute Gasteiger partial charge is 0.132 e. The predicted molar refractivity (Wildman–Crippen MR) is 108 cm³/mol. The van der Waals surface area contributed by atoms with Gasteiger partial charge < -0.3 is 19.3 Å². The Morgan fingerprint density at radius 1 is 0.964 bits per heavy atom. The summed E-state index contributed by atoms with van der Waals surface area (Å²) in [6.07, 6.45) is -0.860. The van der Waals surface area contributed by atoms with Crippen LogP contribution in [0.4, 0.5) is 0 Å². The molecule has 0 aliphatic rings. The van der Waals surface area contributed by atoms with Gasteiger partial charge in [0.2, 0.25) is 0 Å². The first-order chi connectivity index (χ1) is 13.5. The quantitative estimate of drug-likeness (QED) is 0.599. The van der Waals surface area contributed by atoms with Crippen molar-refractivity contribution in [3.63, 3.8) is 0 Å². The van der Waals surface area contributed by atoms with E-state index in [0.717, 1.165) is 16.9 Å². The first-order valence-corrected chi connectivity index (χ1v) is 9.55. The number of aliphatic hydroxyl groups excluding tert-OH is 1. The molecule has 0 saturated carbocycles. The molecule has 152 valence electrons. The van der Waals surface area contributed by atoms with Crippen molar-refractivity contribution < 1.29 is 24.1 Å². The Kier molecular flexibility index (Phi) is 9.14. The van der Waals surface area contributed by atoms with Crippen molar-refractivity contribution >= 4 is 5.78 Å². The van der Waals surface area contributed by atoms with E-state index in [1.54, 1.807) is 7.11 Å². The van der Waals surface area contributed by atoms with Crippen molar-refractivity contribution in [2.45, 2.75) is 58.2 Å². The van der Waals surface area contributed by atoms with Crippen molar-refractivity contribution in [1.82, 2.24) is 0 Å². The second-order valence-electron chi connectivity index (χ2n) is 6.99. The Hall–Kier alpha value is -2.21. The minimum Gasteiger partial charge on any atom is -0.497 e. The van der Waals surface area contributed by atoms with Crippen LogP contribution in [-0.2, 0) is 27.5 Å². The van der Waals surface area contributed by atoms with Crippen LogP contribution in [0.5, 0.6) is 5.75 Å². The van der Waals surface area contributed by atoms with Crippen molar-refractivity contribution in [2.75, 3.05) is 7.11 Å². The molecule has 0 amide bonds. The van der Waals surface area contributed by atoms with Gasteiger partial charge in [-0.05, 0) is 37.1 Å². The fourth-order valence-corrected chi connectivity index (χ4v) is 2.91. The van der Waals surface area contributed by atoms with E-state index in [-0.39, 0.29) is 24.4 Å². The second-order valence-corrected chi connectivity index (χ2v) is 6.99. The normalized spacial score (nSPS) is 14.3. The number of carbonyl (C=O) groups is 1.